The first-order valence-corrected chi connectivity index (χ1v) is 8.33. The van der Waals surface area contributed by atoms with Gasteiger partial charge in [-0.25, -0.2) is 19.3 Å². The number of rotatable bonds is 3. The van der Waals surface area contributed by atoms with Crippen LogP contribution in [0.5, 0.6) is 0 Å². The molecule has 0 aliphatic heterocycles. The fraction of sp³-hybridized carbons (Fsp3) is 0.0952. The number of hydrogen-bond donors (Lipinski definition) is 1. The quantitative estimate of drug-likeness (QED) is 0.601. The molecule has 2 heterocycles. The van der Waals surface area contributed by atoms with E-state index in [-0.39, 0.29) is 11.8 Å². The van der Waals surface area contributed by atoms with Crippen LogP contribution in [0.25, 0.3) is 22.3 Å². The van der Waals surface area contributed by atoms with Gasteiger partial charge in [-0.1, -0.05) is 29.8 Å². The SMILES string of the molecule is Cc1cccc(Cc2nc(N)nc3ccc(-c4ccc(F)cc4)nc23)c1. The largest absolute Gasteiger partial charge is 0.368 e. The van der Waals surface area contributed by atoms with Crippen LogP contribution in [0.2, 0.25) is 0 Å². The van der Waals surface area contributed by atoms with Gasteiger partial charge < -0.3 is 5.73 Å². The summed E-state index contributed by atoms with van der Waals surface area (Å²) in [5.74, 6) is -0.0396. The summed E-state index contributed by atoms with van der Waals surface area (Å²) in [7, 11) is 0. The lowest BCUT2D eigenvalue weighted by atomic mass is 10.1. The van der Waals surface area contributed by atoms with Gasteiger partial charge >= 0.3 is 0 Å². The molecule has 0 amide bonds. The molecule has 4 nitrogen and oxygen atoms in total. The summed E-state index contributed by atoms with van der Waals surface area (Å²) in [5, 5.41) is 0. The van der Waals surface area contributed by atoms with Gasteiger partial charge in [-0.3, -0.25) is 0 Å². The van der Waals surface area contributed by atoms with Crippen molar-refractivity contribution in [3.8, 4) is 11.3 Å². The lowest BCUT2D eigenvalue weighted by molar-refractivity contribution is 0.628. The number of nitrogens with two attached hydrogens (primary N) is 1. The molecule has 0 aliphatic carbocycles. The Balaban J connectivity index is 1.83. The third kappa shape index (κ3) is 3.24. The van der Waals surface area contributed by atoms with Crippen molar-refractivity contribution in [3.05, 3.63) is 83.3 Å². The number of aryl methyl sites for hydroxylation is 1. The van der Waals surface area contributed by atoms with Gasteiger partial charge in [0.1, 0.15) is 11.3 Å². The topological polar surface area (TPSA) is 64.7 Å². The number of fused-ring (bicyclic) bond motifs is 1. The number of halogens is 1. The van der Waals surface area contributed by atoms with Gasteiger partial charge in [0.2, 0.25) is 5.95 Å². The van der Waals surface area contributed by atoms with E-state index < -0.39 is 0 Å². The number of benzene rings is 2. The van der Waals surface area contributed by atoms with Gasteiger partial charge in [0.05, 0.1) is 16.9 Å². The zero-order valence-electron chi connectivity index (χ0n) is 14.3. The number of nitrogen functional groups attached to an aromatic ring is 1. The molecular weight excluding hydrogens is 327 g/mol. The molecule has 26 heavy (non-hydrogen) atoms. The predicted octanol–water partition coefficient (Wildman–Crippen LogP) is 4.31. The number of aromatic nitrogens is 3. The Kier molecular flexibility index (Phi) is 4.05. The first kappa shape index (κ1) is 16.1. The average molecular weight is 344 g/mol. The fourth-order valence-corrected chi connectivity index (χ4v) is 3.01. The van der Waals surface area contributed by atoms with Crippen LogP contribution in [0.4, 0.5) is 10.3 Å². The van der Waals surface area contributed by atoms with E-state index in [0.29, 0.717) is 17.5 Å². The maximum absolute atomic E-state index is 13.2. The van der Waals surface area contributed by atoms with E-state index in [1.54, 1.807) is 12.1 Å². The molecule has 0 radical (unpaired) electrons. The molecule has 0 fully saturated rings. The Morgan fingerprint density at radius 3 is 2.50 bits per heavy atom. The Hall–Kier alpha value is -3.34. The van der Waals surface area contributed by atoms with E-state index in [4.69, 9.17) is 10.7 Å². The Morgan fingerprint density at radius 2 is 1.73 bits per heavy atom. The van der Waals surface area contributed by atoms with E-state index in [9.17, 15) is 4.39 Å². The van der Waals surface area contributed by atoms with Crippen molar-refractivity contribution in [2.45, 2.75) is 13.3 Å². The van der Waals surface area contributed by atoms with Crippen molar-refractivity contribution in [3.63, 3.8) is 0 Å². The molecule has 2 aromatic carbocycles. The van der Waals surface area contributed by atoms with Gasteiger partial charge in [0.25, 0.3) is 0 Å². The summed E-state index contributed by atoms with van der Waals surface area (Å²) in [6.45, 7) is 2.06. The van der Waals surface area contributed by atoms with E-state index in [1.807, 2.05) is 18.2 Å². The van der Waals surface area contributed by atoms with Crippen LogP contribution in [-0.2, 0) is 6.42 Å². The molecule has 0 unspecified atom stereocenters. The van der Waals surface area contributed by atoms with E-state index >= 15 is 0 Å². The monoisotopic (exact) mass is 344 g/mol. The third-order valence-electron chi connectivity index (χ3n) is 4.23. The second-order valence-electron chi connectivity index (χ2n) is 6.27. The molecule has 4 aromatic rings. The van der Waals surface area contributed by atoms with Crippen LogP contribution < -0.4 is 5.73 Å². The molecular formula is C21H17FN4. The first-order chi connectivity index (χ1) is 12.6. The summed E-state index contributed by atoms with van der Waals surface area (Å²) in [6, 6.07) is 18.3. The normalized spacial score (nSPS) is 11.0. The molecule has 5 heteroatoms. The van der Waals surface area contributed by atoms with E-state index in [0.717, 1.165) is 22.5 Å². The number of pyridine rings is 1. The molecule has 0 atom stereocenters. The molecule has 4 rings (SSSR count). The highest BCUT2D eigenvalue weighted by atomic mass is 19.1. The van der Waals surface area contributed by atoms with Crippen LogP contribution >= 0.6 is 0 Å². The Labute approximate surface area is 150 Å². The van der Waals surface area contributed by atoms with Gasteiger partial charge in [-0.15, -0.1) is 0 Å². The first-order valence-electron chi connectivity index (χ1n) is 8.33. The summed E-state index contributed by atoms with van der Waals surface area (Å²) in [5.41, 5.74) is 12.0. The summed E-state index contributed by atoms with van der Waals surface area (Å²) in [4.78, 5) is 13.4. The highest BCUT2D eigenvalue weighted by molar-refractivity contribution is 5.81. The zero-order chi connectivity index (χ0) is 18.1. The molecule has 0 spiro atoms. The van der Waals surface area contributed by atoms with Crippen LogP contribution in [0, 0.1) is 12.7 Å². The van der Waals surface area contributed by atoms with Crippen molar-refractivity contribution < 1.29 is 4.39 Å². The summed E-state index contributed by atoms with van der Waals surface area (Å²) in [6.07, 6.45) is 0.616. The summed E-state index contributed by atoms with van der Waals surface area (Å²) >= 11 is 0. The van der Waals surface area contributed by atoms with Gasteiger partial charge in [-0.05, 0) is 48.9 Å². The number of hydrogen-bond acceptors (Lipinski definition) is 4. The summed E-state index contributed by atoms with van der Waals surface area (Å²) < 4.78 is 13.2. The Bertz CT molecular complexity index is 1090. The molecule has 0 aliphatic rings. The maximum atomic E-state index is 13.2. The minimum atomic E-state index is -0.272. The highest BCUT2D eigenvalue weighted by Gasteiger charge is 2.11. The Morgan fingerprint density at radius 1 is 0.923 bits per heavy atom. The van der Waals surface area contributed by atoms with Gasteiger partial charge in [0.15, 0.2) is 0 Å². The van der Waals surface area contributed by atoms with Gasteiger partial charge in [-0.2, -0.15) is 0 Å². The van der Waals surface area contributed by atoms with Crippen molar-refractivity contribution >= 4 is 17.0 Å². The molecule has 128 valence electrons. The number of nitrogens with zero attached hydrogens (tertiary/aromatic N) is 3. The standard InChI is InChI=1S/C21H17FN4/c1-13-3-2-4-14(11-13)12-19-20-18(25-21(23)26-19)10-9-17(24-20)15-5-7-16(22)8-6-15/h2-11H,12H2,1H3,(H2,23,25,26). The van der Waals surface area contributed by atoms with Crippen molar-refractivity contribution in [1.29, 1.82) is 0 Å². The predicted molar refractivity (Wildman–Crippen MR) is 101 cm³/mol. The van der Waals surface area contributed by atoms with Gasteiger partial charge in [0, 0.05) is 12.0 Å². The third-order valence-corrected chi connectivity index (χ3v) is 4.23. The maximum Gasteiger partial charge on any atom is 0.220 e. The van der Waals surface area contributed by atoms with Crippen LogP contribution in [-0.4, -0.2) is 15.0 Å². The molecule has 0 saturated carbocycles. The van der Waals surface area contributed by atoms with Crippen LogP contribution in [0.15, 0.2) is 60.7 Å². The average Bonchev–Trinajstić information content (AvgIpc) is 2.62. The van der Waals surface area contributed by atoms with Crippen LogP contribution in [0.1, 0.15) is 16.8 Å². The van der Waals surface area contributed by atoms with E-state index in [2.05, 4.69) is 35.1 Å². The highest BCUT2D eigenvalue weighted by Crippen LogP contribution is 2.24. The second-order valence-corrected chi connectivity index (χ2v) is 6.27. The molecule has 2 N–H and O–H groups in total. The number of anilines is 1. The van der Waals surface area contributed by atoms with E-state index in [1.165, 1.54) is 17.7 Å². The fourth-order valence-electron chi connectivity index (χ4n) is 3.01. The zero-order valence-corrected chi connectivity index (χ0v) is 14.3. The minimum absolute atomic E-state index is 0.233. The lowest BCUT2D eigenvalue weighted by Crippen LogP contribution is -2.03. The second kappa shape index (κ2) is 6.52. The van der Waals surface area contributed by atoms with Crippen LogP contribution in [0.3, 0.4) is 0 Å². The molecule has 0 bridgehead atoms. The van der Waals surface area contributed by atoms with Crippen molar-refractivity contribution in [2.24, 2.45) is 0 Å². The van der Waals surface area contributed by atoms with Crippen molar-refractivity contribution in [2.75, 3.05) is 5.73 Å². The minimum Gasteiger partial charge on any atom is -0.368 e. The molecule has 0 saturated heterocycles. The lowest BCUT2D eigenvalue weighted by Gasteiger charge is -2.09. The smallest absolute Gasteiger partial charge is 0.220 e. The molecule has 2 aromatic heterocycles. The van der Waals surface area contributed by atoms with Crippen molar-refractivity contribution in [1.82, 2.24) is 15.0 Å².